The van der Waals surface area contributed by atoms with Crippen LogP contribution in [-0.4, -0.2) is 48.2 Å². The fourth-order valence-corrected chi connectivity index (χ4v) is 2.95. The lowest BCUT2D eigenvalue weighted by molar-refractivity contribution is 0.0646. The summed E-state index contributed by atoms with van der Waals surface area (Å²) in [5.74, 6) is 5.28. The third-order valence-electron chi connectivity index (χ3n) is 4.42. The van der Waals surface area contributed by atoms with E-state index in [0.717, 1.165) is 0 Å². The second-order valence-corrected chi connectivity index (χ2v) is 7.11. The van der Waals surface area contributed by atoms with E-state index < -0.39 is 5.82 Å². The van der Waals surface area contributed by atoms with E-state index in [4.69, 9.17) is 16.3 Å². The zero-order chi connectivity index (χ0) is 22.8. The number of aromatic nitrogens is 1. The van der Waals surface area contributed by atoms with E-state index in [1.54, 1.807) is 24.1 Å². The number of ether oxygens (including phenoxy) is 1. The van der Waals surface area contributed by atoms with Gasteiger partial charge in [0.25, 0.3) is 5.91 Å². The standard InChI is InChI=1S/C23H26ClFN4O2/c1-5-7-8-13-27-28(4)21-11-10-19(25)14-20(21)23(30)29(6-2)17(3)16-31-22-12-9-18(24)15-26-22/h9-15,17H,5-6,16H2,1-4H3/b27-13-. The summed E-state index contributed by atoms with van der Waals surface area (Å²) in [4.78, 5) is 19.0. The maximum Gasteiger partial charge on any atom is 0.256 e. The number of pyridine rings is 1. The van der Waals surface area contributed by atoms with Gasteiger partial charge in [0.2, 0.25) is 5.88 Å². The monoisotopic (exact) mass is 444 g/mol. The van der Waals surface area contributed by atoms with Gasteiger partial charge in [0.15, 0.2) is 0 Å². The molecule has 0 saturated carbocycles. The molecule has 1 heterocycles. The van der Waals surface area contributed by atoms with Crippen molar-refractivity contribution in [2.45, 2.75) is 33.2 Å². The maximum atomic E-state index is 14.0. The molecule has 0 radical (unpaired) electrons. The van der Waals surface area contributed by atoms with Crippen LogP contribution in [0.4, 0.5) is 10.1 Å². The highest BCUT2D eigenvalue weighted by Gasteiger charge is 2.24. The van der Waals surface area contributed by atoms with Crippen LogP contribution in [0.5, 0.6) is 5.88 Å². The Morgan fingerprint density at radius 3 is 2.77 bits per heavy atom. The molecule has 164 valence electrons. The van der Waals surface area contributed by atoms with Crippen LogP contribution in [0.1, 0.15) is 37.6 Å². The van der Waals surface area contributed by atoms with Crippen LogP contribution in [0.2, 0.25) is 5.02 Å². The number of carbonyl (C=O) groups excluding carboxylic acids is 1. The van der Waals surface area contributed by atoms with Crippen LogP contribution in [0.25, 0.3) is 0 Å². The summed E-state index contributed by atoms with van der Waals surface area (Å²) < 4.78 is 19.7. The molecule has 0 fully saturated rings. The summed E-state index contributed by atoms with van der Waals surface area (Å²) in [5.41, 5.74) is 0.688. The van der Waals surface area contributed by atoms with E-state index in [2.05, 4.69) is 21.9 Å². The van der Waals surface area contributed by atoms with Gasteiger partial charge in [-0.1, -0.05) is 30.4 Å². The van der Waals surface area contributed by atoms with Crippen molar-refractivity contribution < 1.29 is 13.9 Å². The summed E-state index contributed by atoms with van der Waals surface area (Å²) in [6, 6.07) is 7.10. The van der Waals surface area contributed by atoms with Crippen LogP contribution in [0, 0.1) is 17.7 Å². The first kappa shape index (κ1) is 24.2. The van der Waals surface area contributed by atoms with Crippen molar-refractivity contribution in [1.29, 1.82) is 0 Å². The molecule has 0 aliphatic carbocycles. The molecule has 0 N–H and O–H groups in total. The minimum absolute atomic E-state index is 0.210. The van der Waals surface area contributed by atoms with Crippen LogP contribution >= 0.6 is 11.6 Å². The Labute approximate surface area is 187 Å². The van der Waals surface area contributed by atoms with E-state index in [1.165, 1.54) is 35.6 Å². The number of hydrazone groups is 1. The molecular formula is C23H26ClFN4O2. The summed E-state index contributed by atoms with van der Waals surface area (Å²) in [6.45, 7) is 6.30. The highest BCUT2D eigenvalue weighted by atomic mass is 35.5. The van der Waals surface area contributed by atoms with Gasteiger partial charge in [-0.3, -0.25) is 9.80 Å². The molecule has 2 aromatic rings. The van der Waals surface area contributed by atoms with E-state index in [-0.39, 0.29) is 24.1 Å². The molecule has 1 amide bonds. The van der Waals surface area contributed by atoms with Crippen LogP contribution < -0.4 is 9.75 Å². The summed E-state index contributed by atoms with van der Waals surface area (Å²) in [7, 11) is 1.68. The van der Waals surface area contributed by atoms with Gasteiger partial charge in [-0.2, -0.15) is 5.10 Å². The first-order chi connectivity index (χ1) is 14.9. The zero-order valence-corrected chi connectivity index (χ0v) is 18.9. The Bertz CT molecular complexity index is 970. The van der Waals surface area contributed by atoms with Gasteiger partial charge in [-0.25, -0.2) is 9.37 Å². The quantitative estimate of drug-likeness (QED) is 0.338. The minimum Gasteiger partial charge on any atom is -0.475 e. The third-order valence-corrected chi connectivity index (χ3v) is 4.64. The van der Waals surface area contributed by atoms with Crippen LogP contribution in [0.15, 0.2) is 41.6 Å². The van der Waals surface area contributed by atoms with Gasteiger partial charge in [0.05, 0.1) is 28.5 Å². The van der Waals surface area contributed by atoms with Gasteiger partial charge in [0, 0.05) is 32.3 Å². The fourth-order valence-electron chi connectivity index (χ4n) is 2.84. The Kier molecular flexibility index (Phi) is 9.29. The lowest BCUT2D eigenvalue weighted by Gasteiger charge is -2.29. The molecular weight excluding hydrogens is 419 g/mol. The molecule has 6 nitrogen and oxygen atoms in total. The molecule has 31 heavy (non-hydrogen) atoms. The Balaban J connectivity index is 2.20. The molecule has 8 heteroatoms. The van der Waals surface area contributed by atoms with Crippen molar-refractivity contribution in [2.75, 3.05) is 25.2 Å². The number of hydrogen-bond donors (Lipinski definition) is 0. The van der Waals surface area contributed by atoms with E-state index in [1.807, 2.05) is 20.8 Å². The fraction of sp³-hybridized carbons (Fsp3) is 0.348. The number of hydrogen-bond acceptors (Lipinski definition) is 5. The number of amides is 1. The molecule has 0 aliphatic rings. The van der Waals surface area contributed by atoms with Crippen molar-refractivity contribution in [1.82, 2.24) is 9.88 Å². The molecule has 0 aliphatic heterocycles. The van der Waals surface area contributed by atoms with Crippen LogP contribution in [0.3, 0.4) is 0 Å². The van der Waals surface area contributed by atoms with Gasteiger partial charge in [-0.15, -0.1) is 0 Å². The predicted octanol–water partition coefficient (Wildman–Crippen LogP) is 4.64. The number of anilines is 1. The number of benzene rings is 1. The van der Waals surface area contributed by atoms with Gasteiger partial charge < -0.3 is 9.64 Å². The highest BCUT2D eigenvalue weighted by molar-refractivity contribution is 6.30. The molecule has 2 rings (SSSR count). The highest BCUT2D eigenvalue weighted by Crippen LogP contribution is 2.24. The van der Waals surface area contributed by atoms with Crippen molar-refractivity contribution in [3.63, 3.8) is 0 Å². The second-order valence-electron chi connectivity index (χ2n) is 6.67. The molecule has 1 aromatic carbocycles. The van der Waals surface area contributed by atoms with E-state index in [0.29, 0.717) is 29.6 Å². The lowest BCUT2D eigenvalue weighted by atomic mass is 10.1. The van der Waals surface area contributed by atoms with Crippen molar-refractivity contribution in [2.24, 2.45) is 5.10 Å². The summed E-state index contributed by atoms with van der Waals surface area (Å²) >= 11 is 5.83. The lowest BCUT2D eigenvalue weighted by Crippen LogP contribution is -2.42. The number of carbonyl (C=O) groups is 1. The first-order valence-corrected chi connectivity index (χ1v) is 10.3. The van der Waals surface area contributed by atoms with Crippen molar-refractivity contribution in [3.8, 4) is 17.7 Å². The van der Waals surface area contributed by atoms with Gasteiger partial charge in [-0.05, 0) is 38.1 Å². The number of nitrogens with zero attached hydrogens (tertiary/aromatic N) is 4. The second kappa shape index (κ2) is 11.9. The molecule has 0 saturated heterocycles. The average Bonchev–Trinajstić information content (AvgIpc) is 2.76. The van der Waals surface area contributed by atoms with Gasteiger partial charge in [0.1, 0.15) is 12.4 Å². The van der Waals surface area contributed by atoms with E-state index in [9.17, 15) is 9.18 Å². The smallest absolute Gasteiger partial charge is 0.256 e. The molecule has 1 atom stereocenters. The number of rotatable bonds is 8. The minimum atomic E-state index is -0.499. The Hall–Kier alpha value is -3.11. The Morgan fingerprint density at radius 1 is 1.35 bits per heavy atom. The predicted molar refractivity (Wildman–Crippen MR) is 122 cm³/mol. The maximum absolute atomic E-state index is 14.0. The summed E-state index contributed by atoms with van der Waals surface area (Å²) in [5, 5.41) is 6.23. The third kappa shape index (κ3) is 6.97. The molecule has 1 aromatic heterocycles. The number of likely N-dealkylation sites (N-methyl/N-ethyl adjacent to an activating group) is 1. The summed E-state index contributed by atoms with van der Waals surface area (Å²) in [6.07, 6.45) is 3.66. The van der Waals surface area contributed by atoms with Crippen molar-refractivity contribution in [3.05, 3.63) is 52.9 Å². The topological polar surface area (TPSA) is 58.0 Å². The molecule has 1 unspecified atom stereocenters. The van der Waals surface area contributed by atoms with E-state index >= 15 is 0 Å². The SMILES string of the molecule is CCC#C/C=N\N(C)c1ccc(F)cc1C(=O)N(CC)C(C)COc1ccc(Cl)cn1. The largest absolute Gasteiger partial charge is 0.475 e. The molecule has 0 spiro atoms. The average molecular weight is 445 g/mol. The van der Waals surface area contributed by atoms with Crippen molar-refractivity contribution >= 4 is 29.4 Å². The zero-order valence-electron chi connectivity index (χ0n) is 18.1. The van der Waals surface area contributed by atoms with Gasteiger partial charge >= 0.3 is 0 Å². The normalized spacial score (nSPS) is 11.5. The first-order valence-electron chi connectivity index (χ1n) is 9.96. The van der Waals surface area contributed by atoms with Crippen LogP contribution in [-0.2, 0) is 0 Å². The molecule has 0 bridgehead atoms. The Morgan fingerprint density at radius 2 is 2.13 bits per heavy atom. The number of halogens is 2.